The van der Waals surface area contributed by atoms with Crippen LogP contribution in [0.4, 0.5) is 0 Å². The van der Waals surface area contributed by atoms with Crippen molar-refractivity contribution in [3.63, 3.8) is 0 Å². The van der Waals surface area contributed by atoms with E-state index in [-0.39, 0.29) is 18.1 Å². The molecular formula is C12H16N2O2S. The molecule has 0 spiro atoms. The molecule has 0 radical (unpaired) electrons. The first-order valence-electron chi connectivity index (χ1n) is 5.69. The molecule has 2 N–H and O–H groups in total. The van der Waals surface area contributed by atoms with Gasteiger partial charge in [0, 0.05) is 17.3 Å². The van der Waals surface area contributed by atoms with E-state index in [0.717, 1.165) is 24.2 Å². The summed E-state index contributed by atoms with van der Waals surface area (Å²) in [7, 11) is 0. The number of aliphatic hydroxyl groups is 1. The van der Waals surface area contributed by atoms with Crippen LogP contribution in [-0.4, -0.2) is 33.9 Å². The van der Waals surface area contributed by atoms with Crippen molar-refractivity contribution in [1.29, 1.82) is 0 Å². The Balaban J connectivity index is 1.78. The van der Waals surface area contributed by atoms with Gasteiger partial charge in [0.25, 0.3) is 0 Å². The molecule has 1 aliphatic carbocycles. The van der Waals surface area contributed by atoms with Crippen LogP contribution in [0.5, 0.6) is 0 Å². The first-order chi connectivity index (χ1) is 8.24. The molecule has 0 bridgehead atoms. The van der Waals surface area contributed by atoms with Crippen LogP contribution in [-0.2, 0) is 4.79 Å². The van der Waals surface area contributed by atoms with Gasteiger partial charge in [-0.25, -0.2) is 0 Å². The normalized spacial score (nSPS) is 17.2. The van der Waals surface area contributed by atoms with E-state index >= 15 is 0 Å². The lowest BCUT2D eigenvalue weighted by Gasteiger charge is -2.40. The van der Waals surface area contributed by atoms with Crippen LogP contribution in [0.25, 0.3) is 0 Å². The van der Waals surface area contributed by atoms with Gasteiger partial charge in [0.1, 0.15) is 0 Å². The maximum atomic E-state index is 11.7. The monoisotopic (exact) mass is 252 g/mol. The molecule has 1 amide bonds. The number of carbonyl (C=O) groups is 1. The standard InChI is InChI=1S/C12H16N2O2S/c15-9-12(4-1-5-12)14-11(16)8-17-10-2-6-13-7-3-10/h2-3,6-7,15H,1,4-5,8-9H2,(H,14,16). The Morgan fingerprint density at radius 2 is 2.18 bits per heavy atom. The maximum Gasteiger partial charge on any atom is 0.230 e. The fraction of sp³-hybridized carbons (Fsp3) is 0.500. The molecule has 92 valence electrons. The third-order valence-corrected chi connectivity index (χ3v) is 4.05. The van der Waals surface area contributed by atoms with E-state index < -0.39 is 0 Å². The number of pyridine rings is 1. The minimum absolute atomic E-state index is 0.0134. The molecule has 2 rings (SSSR count). The second-order valence-electron chi connectivity index (χ2n) is 4.31. The van der Waals surface area contributed by atoms with E-state index in [0.29, 0.717) is 5.75 Å². The summed E-state index contributed by atoms with van der Waals surface area (Å²) in [5.74, 6) is 0.367. The predicted octanol–water partition coefficient (Wildman–Crippen LogP) is 1.20. The van der Waals surface area contributed by atoms with Crippen molar-refractivity contribution in [3.05, 3.63) is 24.5 Å². The lowest BCUT2D eigenvalue weighted by molar-refractivity contribution is -0.122. The van der Waals surface area contributed by atoms with Crippen molar-refractivity contribution in [2.45, 2.75) is 29.7 Å². The van der Waals surface area contributed by atoms with Gasteiger partial charge in [-0.1, -0.05) is 0 Å². The molecule has 1 aromatic heterocycles. The molecular weight excluding hydrogens is 236 g/mol. The fourth-order valence-corrected chi connectivity index (χ4v) is 2.53. The van der Waals surface area contributed by atoms with Crippen LogP contribution in [0.2, 0.25) is 0 Å². The highest BCUT2D eigenvalue weighted by Gasteiger charge is 2.37. The fourth-order valence-electron chi connectivity index (χ4n) is 1.84. The highest BCUT2D eigenvalue weighted by atomic mass is 32.2. The number of aliphatic hydroxyl groups excluding tert-OH is 1. The maximum absolute atomic E-state index is 11.7. The third kappa shape index (κ3) is 3.20. The van der Waals surface area contributed by atoms with Gasteiger partial charge in [0.2, 0.25) is 5.91 Å². The van der Waals surface area contributed by atoms with Gasteiger partial charge in [-0.05, 0) is 31.4 Å². The number of nitrogens with one attached hydrogen (secondary N) is 1. The number of aromatic nitrogens is 1. The summed E-state index contributed by atoms with van der Waals surface area (Å²) in [5, 5.41) is 12.2. The van der Waals surface area contributed by atoms with Gasteiger partial charge in [0.05, 0.1) is 17.9 Å². The Labute approximate surface area is 105 Å². The number of rotatable bonds is 5. The predicted molar refractivity (Wildman–Crippen MR) is 66.8 cm³/mol. The highest BCUT2D eigenvalue weighted by molar-refractivity contribution is 8.00. The van der Waals surface area contributed by atoms with Crippen molar-refractivity contribution in [1.82, 2.24) is 10.3 Å². The second-order valence-corrected chi connectivity index (χ2v) is 5.36. The van der Waals surface area contributed by atoms with Crippen molar-refractivity contribution >= 4 is 17.7 Å². The van der Waals surface area contributed by atoms with Crippen molar-refractivity contribution < 1.29 is 9.90 Å². The molecule has 0 aromatic carbocycles. The molecule has 1 fully saturated rings. The molecule has 4 nitrogen and oxygen atoms in total. The first kappa shape index (κ1) is 12.4. The Kier molecular flexibility index (Phi) is 4.02. The van der Waals surface area contributed by atoms with E-state index in [9.17, 15) is 9.90 Å². The molecule has 0 aliphatic heterocycles. The number of hydrogen-bond donors (Lipinski definition) is 2. The summed E-state index contributed by atoms with van der Waals surface area (Å²) in [5.41, 5.74) is -0.337. The highest BCUT2D eigenvalue weighted by Crippen LogP contribution is 2.31. The summed E-state index contributed by atoms with van der Waals surface area (Å²) in [4.78, 5) is 16.7. The molecule has 0 saturated heterocycles. The van der Waals surface area contributed by atoms with E-state index in [1.807, 2.05) is 12.1 Å². The number of hydrogen-bond acceptors (Lipinski definition) is 4. The molecule has 1 saturated carbocycles. The Hall–Kier alpha value is -1.07. The Morgan fingerprint density at radius 3 is 2.71 bits per heavy atom. The van der Waals surface area contributed by atoms with Gasteiger partial charge >= 0.3 is 0 Å². The largest absolute Gasteiger partial charge is 0.394 e. The second kappa shape index (κ2) is 5.51. The first-order valence-corrected chi connectivity index (χ1v) is 6.67. The van der Waals surface area contributed by atoms with Crippen LogP contribution < -0.4 is 5.32 Å². The number of thioether (sulfide) groups is 1. The van der Waals surface area contributed by atoms with Crippen LogP contribution in [0.1, 0.15) is 19.3 Å². The molecule has 0 unspecified atom stereocenters. The summed E-state index contributed by atoms with van der Waals surface area (Å²) in [6.07, 6.45) is 6.27. The summed E-state index contributed by atoms with van der Waals surface area (Å²) in [6, 6.07) is 3.76. The third-order valence-electron chi connectivity index (χ3n) is 3.04. The molecule has 1 aromatic rings. The SMILES string of the molecule is O=C(CSc1ccncc1)NC1(CO)CCC1. The van der Waals surface area contributed by atoms with Gasteiger partial charge in [0.15, 0.2) is 0 Å². The van der Waals surface area contributed by atoms with Crippen molar-refractivity contribution in [3.8, 4) is 0 Å². The molecule has 0 atom stereocenters. The minimum atomic E-state index is -0.337. The lowest BCUT2D eigenvalue weighted by Crippen LogP contribution is -2.56. The number of nitrogens with zero attached hydrogens (tertiary/aromatic N) is 1. The summed E-state index contributed by atoms with van der Waals surface area (Å²) >= 11 is 1.48. The average Bonchev–Trinajstić information content (AvgIpc) is 2.33. The Morgan fingerprint density at radius 1 is 1.47 bits per heavy atom. The van der Waals surface area contributed by atoms with Crippen LogP contribution in [0.15, 0.2) is 29.4 Å². The zero-order valence-electron chi connectivity index (χ0n) is 9.56. The van der Waals surface area contributed by atoms with Gasteiger partial charge in [-0.15, -0.1) is 11.8 Å². The minimum Gasteiger partial charge on any atom is -0.394 e. The smallest absolute Gasteiger partial charge is 0.230 e. The van der Waals surface area contributed by atoms with Crippen molar-refractivity contribution in [2.75, 3.05) is 12.4 Å². The van der Waals surface area contributed by atoms with E-state index in [1.165, 1.54) is 11.8 Å². The van der Waals surface area contributed by atoms with E-state index in [1.54, 1.807) is 12.4 Å². The quantitative estimate of drug-likeness (QED) is 0.773. The average molecular weight is 252 g/mol. The summed E-state index contributed by atoms with van der Waals surface area (Å²) in [6.45, 7) is 0.0403. The van der Waals surface area contributed by atoms with Crippen LogP contribution >= 0.6 is 11.8 Å². The lowest BCUT2D eigenvalue weighted by atomic mass is 9.77. The molecule has 1 aliphatic rings. The van der Waals surface area contributed by atoms with Crippen molar-refractivity contribution in [2.24, 2.45) is 0 Å². The van der Waals surface area contributed by atoms with Gasteiger partial charge in [-0.2, -0.15) is 0 Å². The topological polar surface area (TPSA) is 62.2 Å². The number of amides is 1. The molecule has 1 heterocycles. The Bertz CT molecular complexity index is 374. The van der Waals surface area contributed by atoms with E-state index in [2.05, 4.69) is 10.3 Å². The van der Waals surface area contributed by atoms with Crippen LogP contribution in [0.3, 0.4) is 0 Å². The number of carbonyl (C=O) groups excluding carboxylic acids is 1. The molecule has 5 heteroatoms. The van der Waals surface area contributed by atoms with Gasteiger partial charge in [-0.3, -0.25) is 9.78 Å². The van der Waals surface area contributed by atoms with Crippen LogP contribution in [0, 0.1) is 0 Å². The van der Waals surface area contributed by atoms with E-state index in [4.69, 9.17) is 0 Å². The zero-order chi connectivity index (χ0) is 12.1. The zero-order valence-corrected chi connectivity index (χ0v) is 10.4. The molecule has 17 heavy (non-hydrogen) atoms. The summed E-state index contributed by atoms with van der Waals surface area (Å²) < 4.78 is 0. The van der Waals surface area contributed by atoms with Gasteiger partial charge < -0.3 is 10.4 Å².